The molecule has 1 aliphatic carbocycles. The van der Waals surface area contributed by atoms with E-state index in [-0.39, 0.29) is 23.9 Å². The first-order valence-corrected chi connectivity index (χ1v) is 12.9. The zero-order chi connectivity index (χ0) is 24.3. The minimum absolute atomic E-state index is 0.192. The highest BCUT2D eigenvalue weighted by molar-refractivity contribution is 7.19. The van der Waals surface area contributed by atoms with E-state index in [1.165, 1.54) is 39.2 Å². The summed E-state index contributed by atoms with van der Waals surface area (Å²) >= 11 is 8.05. The Labute approximate surface area is 211 Å². The van der Waals surface area contributed by atoms with Gasteiger partial charge in [0.1, 0.15) is 11.9 Å². The Morgan fingerprint density at radius 2 is 2.06 bits per heavy atom. The Morgan fingerprint density at radius 1 is 1.20 bits per heavy atom. The Morgan fingerprint density at radius 3 is 2.83 bits per heavy atom. The van der Waals surface area contributed by atoms with Crippen molar-refractivity contribution < 1.29 is 4.74 Å². The standard InChI is InChI=1S/C26H25ClN4O3S/c1-14-7-16(27)9-20(24(14)34-22-10-17-8-15(22)12-29-17)19-3-5-28-21-11-18(35-25(19)21)13-31-23(32)4-6-30(2)26(31)33/h3-7,9,11,15,17,22,29H,8,10,12-13H2,1-2H3. The third-order valence-electron chi connectivity index (χ3n) is 7.11. The van der Waals surface area contributed by atoms with Gasteiger partial charge in [0.2, 0.25) is 0 Å². The van der Waals surface area contributed by atoms with E-state index in [1.54, 1.807) is 13.2 Å². The van der Waals surface area contributed by atoms with Crippen LogP contribution in [-0.4, -0.2) is 32.8 Å². The fourth-order valence-corrected chi connectivity index (χ4v) is 6.76. The largest absolute Gasteiger partial charge is 0.489 e. The van der Waals surface area contributed by atoms with Gasteiger partial charge in [-0.1, -0.05) is 11.6 Å². The maximum atomic E-state index is 12.5. The van der Waals surface area contributed by atoms with Crippen LogP contribution in [0.15, 0.2) is 52.3 Å². The average Bonchev–Trinajstić information content (AvgIpc) is 3.56. The lowest BCUT2D eigenvalue weighted by Gasteiger charge is -2.26. The summed E-state index contributed by atoms with van der Waals surface area (Å²) in [6.07, 6.45) is 5.64. The lowest BCUT2D eigenvalue weighted by molar-refractivity contribution is 0.146. The molecule has 0 amide bonds. The van der Waals surface area contributed by atoms with Gasteiger partial charge in [-0.25, -0.2) is 4.79 Å². The van der Waals surface area contributed by atoms with Gasteiger partial charge in [0.15, 0.2) is 0 Å². The SMILES string of the molecule is Cc1cc(Cl)cc(-c2ccnc3cc(Cn4c(=O)ccn(C)c4=O)sc23)c1OC1CC2CC1CN2. The van der Waals surface area contributed by atoms with Crippen LogP contribution in [0.25, 0.3) is 21.3 Å². The lowest BCUT2D eigenvalue weighted by Crippen LogP contribution is -2.37. The molecule has 3 unspecified atom stereocenters. The van der Waals surface area contributed by atoms with E-state index in [0.29, 0.717) is 17.0 Å². The Balaban J connectivity index is 1.43. The molecule has 4 aromatic rings. The predicted octanol–water partition coefficient (Wildman–Crippen LogP) is 3.96. The fraction of sp³-hybridized carbons (Fsp3) is 0.346. The van der Waals surface area contributed by atoms with Gasteiger partial charge in [0.25, 0.3) is 5.56 Å². The smallest absolute Gasteiger partial charge is 0.331 e. The second-order valence-corrected chi connectivity index (χ2v) is 11.1. The summed E-state index contributed by atoms with van der Waals surface area (Å²) in [6.45, 7) is 3.23. The number of thiophene rings is 1. The number of hydrogen-bond donors (Lipinski definition) is 1. The van der Waals surface area contributed by atoms with Crippen LogP contribution in [0, 0.1) is 12.8 Å². The van der Waals surface area contributed by atoms with Crippen molar-refractivity contribution in [1.29, 1.82) is 0 Å². The van der Waals surface area contributed by atoms with Crippen LogP contribution < -0.4 is 21.3 Å². The summed E-state index contributed by atoms with van der Waals surface area (Å²) in [6, 6.07) is 9.78. The number of benzene rings is 1. The number of nitrogens with one attached hydrogen (secondary N) is 1. The molecule has 2 fully saturated rings. The second kappa shape index (κ2) is 8.62. The molecule has 0 spiro atoms. The third-order valence-corrected chi connectivity index (χ3v) is 8.47. The van der Waals surface area contributed by atoms with Crippen LogP contribution in [0.1, 0.15) is 23.3 Å². The van der Waals surface area contributed by atoms with Crippen molar-refractivity contribution in [2.45, 2.75) is 38.5 Å². The first-order valence-electron chi connectivity index (χ1n) is 11.7. The van der Waals surface area contributed by atoms with Crippen LogP contribution in [0.4, 0.5) is 0 Å². The quantitative estimate of drug-likeness (QED) is 0.441. The molecule has 1 saturated heterocycles. The number of ether oxygens (including phenoxy) is 1. The normalized spacial score (nSPS) is 21.2. The first kappa shape index (κ1) is 22.5. The summed E-state index contributed by atoms with van der Waals surface area (Å²) in [5.41, 5.74) is 3.09. The van der Waals surface area contributed by atoms with Gasteiger partial charge in [0.05, 0.1) is 16.8 Å². The number of piperidine rings is 1. The van der Waals surface area contributed by atoms with E-state index in [0.717, 1.165) is 50.5 Å². The van der Waals surface area contributed by atoms with E-state index in [9.17, 15) is 9.59 Å². The van der Waals surface area contributed by atoms with Gasteiger partial charge in [-0.15, -0.1) is 11.3 Å². The molecule has 6 rings (SSSR count). The van der Waals surface area contributed by atoms with E-state index in [1.807, 2.05) is 31.2 Å². The molecule has 1 aromatic carbocycles. The fourth-order valence-electron chi connectivity index (χ4n) is 5.36. The molecule has 3 aromatic heterocycles. The minimum Gasteiger partial charge on any atom is -0.489 e. The number of nitrogens with zero attached hydrogens (tertiary/aromatic N) is 3. The highest BCUT2D eigenvalue weighted by atomic mass is 35.5. The molecule has 3 atom stereocenters. The topological polar surface area (TPSA) is 78.2 Å². The molecule has 1 aliphatic heterocycles. The number of halogens is 1. The molecule has 1 N–H and O–H groups in total. The van der Waals surface area contributed by atoms with Crippen molar-refractivity contribution in [2.75, 3.05) is 6.54 Å². The van der Waals surface area contributed by atoms with Crippen molar-refractivity contribution in [3.05, 3.63) is 79.0 Å². The molecule has 7 nitrogen and oxygen atoms in total. The number of aryl methyl sites for hydroxylation is 2. The molecular weight excluding hydrogens is 484 g/mol. The molecule has 35 heavy (non-hydrogen) atoms. The van der Waals surface area contributed by atoms with Crippen molar-refractivity contribution >= 4 is 33.2 Å². The summed E-state index contributed by atoms with van der Waals surface area (Å²) in [5.74, 6) is 1.39. The van der Waals surface area contributed by atoms with Crippen molar-refractivity contribution in [3.8, 4) is 16.9 Å². The van der Waals surface area contributed by atoms with Crippen LogP contribution in [0.2, 0.25) is 5.02 Å². The molecule has 2 aliphatic rings. The summed E-state index contributed by atoms with van der Waals surface area (Å²) in [5, 5.41) is 4.20. The second-order valence-electron chi connectivity index (χ2n) is 9.51. The maximum absolute atomic E-state index is 12.5. The van der Waals surface area contributed by atoms with E-state index >= 15 is 0 Å². The number of aromatic nitrogens is 3. The van der Waals surface area contributed by atoms with Crippen molar-refractivity contribution in [1.82, 2.24) is 19.4 Å². The number of fused-ring (bicyclic) bond motifs is 3. The Hall–Kier alpha value is -2.94. The van der Waals surface area contributed by atoms with Crippen LogP contribution in [-0.2, 0) is 13.6 Å². The lowest BCUT2D eigenvalue weighted by atomic mass is 10.0. The van der Waals surface area contributed by atoms with E-state index in [4.69, 9.17) is 16.3 Å². The molecule has 1 saturated carbocycles. The average molecular weight is 509 g/mol. The van der Waals surface area contributed by atoms with Gasteiger partial charge in [0, 0.05) is 65.0 Å². The Bertz CT molecular complexity index is 1570. The monoisotopic (exact) mass is 508 g/mol. The molecule has 4 heterocycles. The van der Waals surface area contributed by atoms with Crippen LogP contribution in [0.5, 0.6) is 5.75 Å². The van der Waals surface area contributed by atoms with Gasteiger partial charge in [-0.05, 0) is 49.6 Å². The summed E-state index contributed by atoms with van der Waals surface area (Å²) in [7, 11) is 1.64. The molecule has 9 heteroatoms. The highest BCUT2D eigenvalue weighted by Gasteiger charge is 2.41. The number of hydrogen-bond acceptors (Lipinski definition) is 6. The molecule has 0 radical (unpaired) electrons. The van der Waals surface area contributed by atoms with Gasteiger partial charge >= 0.3 is 5.69 Å². The van der Waals surface area contributed by atoms with E-state index < -0.39 is 0 Å². The zero-order valence-electron chi connectivity index (χ0n) is 19.5. The predicted molar refractivity (Wildman–Crippen MR) is 139 cm³/mol. The summed E-state index contributed by atoms with van der Waals surface area (Å²) < 4.78 is 10.3. The van der Waals surface area contributed by atoms with Crippen LogP contribution >= 0.6 is 22.9 Å². The first-order chi connectivity index (χ1) is 16.9. The van der Waals surface area contributed by atoms with Crippen molar-refractivity contribution in [2.24, 2.45) is 13.0 Å². The van der Waals surface area contributed by atoms with Gasteiger partial charge < -0.3 is 14.6 Å². The van der Waals surface area contributed by atoms with Gasteiger partial charge in [-0.3, -0.25) is 14.3 Å². The minimum atomic E-state index is -0.343. The molecule has 2 bridgehead atoms. The van der Waals surface area contributed by atoms with Gasteiger partial charge in [-0.2, -0.15) is 0 Å². The van der Waals surface area contributed by atoms with E-state index in [2.05, 4.69) is 10.3 Å². The zero-order valence-corrected chi connectivity index (χ0v) is 21.0. The maximum Gasteiger partial charge on any atom is 0.331 e. The molecule has 180 valence electrons. The highest BCUT2D eigenvalue weighted by Crippen LogP contribution is 2.43. The number of rotatable bonds is 5. The number of pyridine rings is 1. The Kier molecular flexibility index (Phi) is 5.55. The molecular formula is C26H25ClN4O3S. The summed E-state index contributed by atoms with van der Waals surface area (Å²) in [4.78, 5) is 30.3. The van der Waals surface area contributed by atoms with Crippen molar-refractivity contribution in [3.63, 3.8) is 0 Å². The third kappa shape index (κ3) is 3.99. The van der Waals surface area contributed by atoms with Crippen LogP contribution in [0.3, 0.4) is 0 Å².